The summed E-state index contributed by atoms with van der Waals surface area (Å²) in [5, 5.41) is 55.4. The summed E-state index contributed by atoms with van der Waals surface area (Å²) in [5.41, 5.74) is -1.80. The number of allylic oxidation sites excluding steroid dienone is 3. The van der Waals surface area contributed by atoms with Crippen LogP contribution in [-0.2, 0) is 68.5 Å². The van der Waals surface area contributed by atoms with E-state index in [1.807, 2.05) is 0 Å². The first-order chi connectivity index (χ1) is 40.3. The van der Waals surface area contributed by atoms with Crippen molar-refractivity contribution in [2.45, 2.75) is 181 Å². The van der Waals surface area contributed by atoms with Crippen LogP contribution in [0.4, 0.5) is 4.79 Å². The molecule has 0 spiro atoms. The van der Waals surface area contributed by atoms with E-state index in [0.29, 0.717) is 23.3 Å². The van der Waals surface area contributed by atoms with E-state index in [4.69, 9.17) is 18.9 Å². The molecule has 1 aromatic rings. The molecule has 1 fully saturated rings. The largest absolute Gasteiger partial charge is 0.492 e. The predicted octanol–water partition coefficient (Wildman–Crippen LogP) is 0.225. The number of hydrogen-bond acceptors (Lipinski definition) is 18. The van der Waals surface area contributed by atoms with E-state index in [-0.39, 0.29) is 38.9 Å². The fourth-order valence-electron chi connectivity index (χ4n) is 9.54. The zero-order chi connectivity index (χ0) is 64.4. The normalized spacial score (nSPS) is 28.1. The number of benzene rings is 1. The number of aliphatic hydroxyl groups is 3. The monoisotopic (exact) mass is 1210 g/mol. The van der Waals surface area contributed by atoms with Crippen LogP contribution in [0.5, 0.6) is 0 Å². The Morgan fingerprint density at radius 2 is 1.50 bits per heavy atom. The fraction of sp³-hybridized carbons (Fsp3) is 0.633. The number of amides is 8. The Kier molecular flexibility index (Phi) is 26.7. The molecule has 0 aromatic heterocycles. The first-order valence-electron chi connectivity index (χ1n) is 29.3. The van der Waals surface area contributed by atoms with Crippen molar-refractivity contribution in [1.29, 1.82) is 0 Å². The van der Waals surface area contributed by atoms with Crippen LogP contribution >= 0.6 is 0 Å². The van der Waals surface area contributed by atoms with Crippen LogP contribution in [-0.4, -0.2) is 191 Å². The first-order valence-corrected chi connectivity index (χ1v) is 29.3. The molecule has 0 saturated carbocycles. The molecular formula is C60H91N9O17. The van der Waals surface area contributed by atoms with Crippen LogP contribution in [0.15, 0.2) is 66.0 Å². The number of fused-ring (bicyclic) bond motifs is 11. The molecule has 86 heavy (non-hydrogen) atoms. The topological polar surface area (TPSA) is 368 Å². The summed E-state index contributed by atoms with van der Waals surface area (Å²) in [6, 6.07) is -1.69. The number of alkyl carbamates (subject to hydrolysis) is 1. The van der Waals surface area contributed by atoms with Crippen LogP contribution in [0.25, 0.3) is 0 Å². The summed E-state index contributed by atoms with van der Waals surface area (Å²) in [7, 11) is 1.32. The molecule has 1 aromatic carbocycles. The zero-order valence-corrected chi connectivity index (χ0v) is 51.6. The lowest BCUT2D eigenvalue weighted by atomic mass is 9.85. The number of esters is 2. The van der Waals surface area contributed by atoms with Gasteiger partial charge in [-0.3, -0.25) is 38.4 Å². The number of cyclic esters (lactones) is 1. The molecule has 5 rings (SSSR count). The summed E-state index contributed by atoms with van der Waals surface area (Å²) >= 11 is 0. The van der Waals surface area contributed by atoms with Gasteiger partial charge >= 0.3 is 18.0 Å². The third-order valence-corrected chi connectivity index (χ3v) is 15.2. The standard InChI is InChI=1S/C60H91N9O17/c1-14-33(4)46-53(76)68-49-41-22-21-40(27-34(41)5)85-38(9)60(82,31-61-25-18-26-62-58(81)86-59(10,11)12)24-23-44(71)63-29-45(72)83-30-42(57(80)84-37(8)48(55(78)65-46)67-51(74)35(6)50(73)32(2)3)64-54(77)47(36(7)70)66-52(75)43(69(13)56(49)79)28-39-19-16-15-17-20-39/h15-17,19-24,32-38,42-43,46-50,61,70,73,82H,14,18,25-31H2,1-13H3,(H,62,81)(H,63,71)(H,64,77)(H,65,78)(H,66,75)(H,67,74)(H,68,76)/b24-23+/t33-,34?,35+,36+,37+,38+,42-,43?,46+,47+,48-,49-,50+,60-/m0/s1. The van der Waals surface area contributed by atoms with E-state index in [1.165, 1.54) is 40.0 Å². The molecule has 11 N–H and O–H groups in total. The molecule has 26 nitrogen and oxygen atoms in total. The van der Waals surface area contributed by atoms with Crippen molar-refractivity contribution in [2.75, 3.05) is 39.8 Å². The molecule has 8 amide bonds. The maximum atomic E-state index is 15.5. The summed E-state index contributed by atoms with van der Waals surface area (Å²) in [6.07, 6.45) is -0.546. The minimum atomic E-state index is -2.00. The number of hydrogen-bond donors (Lipinski definition) is 11. The Hall–Kier alpha value is -7.42. The lowest BCUT2D eigenvalue weighted by molar-refractivity contribution is -0.160. The van der Waals surface area contributed by atoms with Crippen molar-refractivity contribution in [3.05, 3.63) is 71.5 Å². The van der Waals surface area contributed by atoms with Crippen molar-refractivity contribution in [3.8, 4) is 0 Å². The number of ether oxygens (including phenoxy) is 4. The average molecular weight is 1210 g/mol. The Labute approximate surface area is 503 Å². The van der Waals surface area contributed by atoms with Crippen LogP contribution in [0.2, 0.25) is 0 Å². The second-order valence-electron chi connectivity index (χ2n) is 23.8. The van der Waals surface area contributed by atoms with Crippen LogP contribution < -0.4 is 42.5 Å². The van der Waals surface area contributed by atoms with Gasteiger partial charge in [-0.25, -0.2) is 9.59 Å². The van der Waals surface area contributed by atoms with Crippen LogP contribution in [0.1, 0.15) is 108 Å². The van der Waals surface area contributed by atoms with Crippen molar-refractivity contribution in [1.82, 2.24) is 47.4 Å². The van der Waals surface area contributed by atoms with E-state index < -0.39 is 168 Å². The highest BCUT2D eigenvalue weighted by Crippen LogP contribution is 2.32. The Bertz CT molecular complexity index is 2660. The molecule has 1 saturated heterocycles. The van der Waals surface area contributed by atoms with Gasteiger partial charge in [0.05, 0.1) is 23.9 Å². The summed E-state index contributed by atoms with van der Waals surface area (Å²) < 4.78 is 22.9. The van der Waals surface area contributed by atoms with Gasteiger partial charge in [-0.15, -0.1) is 0 Å². The number of nitrogens with one attached hydrogen (secondary N) is 8. The lowest BCUT2D eigenvalue weighted by Crippen LogP contribution is -2.62. The van der Waals surface area contributed by atoms with Gasteiger partial charge in [0.15, 0.2) is 6.04 Å². The smallest absolute Gasteiger partial charge is 0.407 e. The van der Waals surface area contributed by atoms with Crippen LogP contribution in [0.3, 0.4) is 0 Å². The molecule has 3 aliphatic heterocycles. The predicted molar refractivity (Wildman–Crippen MR) is 313 cm³/mol. The van der Waals surface area contributed by atoms with Gasteiger partial charge in [-0.2, -0.15) is 0 Å². The molecule has 4 aliphatic rings. The van der Waals surface area contributed by atoms with Gasteiger partial charge in [-0.1, -0.05) is 84.4 Å². The zero-order valence-electron chi connectivity index (χ0n) is 51.6. The van der Waals surface area contributed by atoms with Crippen molar-refractivity contribution >= 4 is 59.4 Å². The molecule has 0 radical (unpaired) electrons. The molecule has 26 heteroatoms. The number of likely N-dealkylation sites (N-methyl/N-ethyl adjacent to an activating group) is 1. The number of rotatable bonds is 15. The third-order valence-electron chi connectivity index (χ3n) is 15.2. The maximum Gasteiger partial charge on any atom is 0.407 e. The van der Waals surface area contributed by atoms with E-state index in [2.05, 4.69) is 42.5 Å². The third kappa shape index (κ3) is 20.9. The second-order valence-corrected chi connectivity index (χ2v) is 23.8. The molecule has 478 valence electrons. The quantitative estimate of drug-likeness (QED) is 0.0636. The van der Waals surface area contributed by atoms with Crippen molar-refractivity contribution in [2.24, 2.45) is 23.7 Å². The Balaban J connectivity index is 1.98. The van der Waals surface area contributed by atoms with Crippen molar-refractivity contribution in [3.63, 3.8) is 0 Å². The van der Waals surface area contributed by atoms with Gasteiger partial charge < -0.3 is 81.7 Å². The highest BCUT2D eigenvalue weighted by molar-refractivity contribution is 5.99. The summed E-state index contributed by atoms with van der Waals surface area (Å²) in [5.74, 6) is -11.8. The fourth-order valence-corrected chi connectivity index (χ4v) is 9.54. The maximum absolute atomic E-state index is 15.5. The number of nitrogens with zero attached hydrogens (tertiary/aromatic N) is 1. The van der Waals surface area contributed by atoms with Crippen LogP contribution in [0, 0.1) is 23.7 Å². The highest BCUT2D eigenvalue weighted by atomic mass is 16.6. The summed E-state index contributed by atoms with van der Waals surface area (Å²) in [6.45, 7) is 17.5. The molecule has 1 aliphatic carbocycles. The van der Waals surface area contributed by atoms with E-state index >= 15 is 9.59 Å². The van der Waals surface area contributed by atoms with Gasteiger partial charge in [0.1, 0.15) is 66.8 Å². The van der Waals surface area contributed by atoms with E-state index in [0.717, 1.165) is 11.0 Å². The molecule has 4 bridgehead atoms. The average Bonchev–Trinajstić information content (AvgIpc) is 2.15. The molecule has 3 heterocycles. The minimum absolute atomic E-state index is 0.0548. The Morgan fingerprint density at radius 3 is 2.12 bits per heavy atom. The highest BCUT2D eigenvalue weighted by Gasteiger charge is 2.43. The van der Waals surface area contributed by atoms with Gasteiger partial charge in [0, 0.05) is 39.1 Å². The summed E-state index contributed by atoms with van der Waals surface area (Å²) in [4.78, 5) is 143. The molecule has 2 unspecified atom stereocenters. The van der Waals surface area contributed by atoms with Crippen molar-refractivity contribution < 1.29 is 82.2 Å². The lowest BCUT2D eigenvalue weighted by Gasteiger charge is -2.37. The number of carbonyl (C=O) groups is 10. The van der Waals surface area contributed by atoms with Gasteiger partial charge in [-0.05, 0) is 95.6 Å². The number of carbonyl (C=O) groups excluding carboxylic acids is 10. The minimum Gasteiger partial charge on any atom is -0.492 e. The van der Waals surface area contributed by atoms with Gasteiger partial charge in [0.25, 0.3) is 0 Å². The van der Waals surface area contributed by atoms with Gasteiger partial charge in [0.2, 0.25) is 41.4 Å². The Morgan fingerprint density at radius 1 is 0.849 bits per heavy atom. The van der Waals surface area contributed by atoms with E-state index in [1.54, 1.807) is 98.7 Å². The molecule has 14 atom stereocenters. The van der Waals surface area contributed by atoms with E-state index in [9.17, 15) is 53.7 Å². The number of aliphatic hydroxyl groups excluding tert-OH is 2. The SMILES string of the molecule is CC[C@H](C)[C@H]1NC(=O)[C@@H](NC(=O)[C@H](C)[C@H](O)C(C)C)[C@@H](C)OC(=O)[C@@H]2COC(=O)CNC(=O)/C=C/[C@](O)(CNCCCNC(=O)OC(C)(C)C)[C@@H](C)OC3=CC=C(C(C)C3)[C@H](NC1=O)C(=O)N(C)C(Cc1ccccc1)C(=O)N[C@H]([C@@H](C)O)C(=O)N2. The molecular weight excluding hydrogens is 1120 g/mol. The first kappa shape index (κ1) is 71.1. The second kappa shape index (κ2) is 32.4.